The minimum atomic E-state index is -0.0922. The third kappa shape index (κ3) is 2.97. The first-order chi connectivity index (χ1) is 9.60. The number of ether oxygens (including phenoxy) is 3. The second-order valence-corrected chi connectivity index (χ2v) is 5.52. The Morgan fingerprint density at radius 3 is 2.30 bits per heavy atom. The number of rotatable bonds is 4. The van der Waals surface area contributed by atoms with Gasteiger partial charge in [0.25, 0.3) is 5.91 Å². The van der Waals surface area contributed by atoms with Crippen molar-refractivity contribution in [1.29, 1.82) is 0 Å². The number of methoxy groups -OCH3 is 3. The number of halogens is 1. The molecule has 5 nitrogen and oxygen atoms in total. The molecule has 20 heavy (non-hydrogen) atoms. The molecule has 110 valence electrons. The molecular formula is C14H18BrNO4. The van der Waals surface area contributed by atoms with Crippen LogP contribution < -0.4 is 4.74 Å². The Bertz CT molecular complexity index is 482. The molecule has 1 aromatic carbocycles. The lowest BCUT2D eigenvalue weighted by Gasteiger charge is -2.17. The molecule has 2 rings (SSSR count). The van der Waals surface area contributed by atoms with Gasteiger partial charge in [0.05, 0.1) is 12.7 Å². The third-order valence-electron chi connectivity index (χ3n) is 3.50. The van der Waals surface area contributed by atoms with E-state index in [1.54, 1.807) is 38.4 Å². The van der Waals surface area contributed by atoms with Crippen molar-refractivity contribution in [3.05, 3.63) is 28.2 Å². The number of benzene rings is 1. The van der Waals surface area contributed by atoms with Crippen molar-refractivity contribution < 1.29 is 19.0 Å². The van der Waals surface area contributed by atoms with Gasteiger partial charge in [-0.1, -0.05) is 15.9 Å². The van der Waals surface area contributed by atoms with E-state index in [2.05, 4.69) is 15.9 Å². The minimum Gasteiger partial charge on any atom is -0.496 e. The summed E-state index contributed by atoms with van der Waals surface area (Å²) in [4.78, 5) is 14.3. The molecule has 0 bridgehead atoms. The van der Waals surface area contributed by atoms with Gasteiger partial charge in [-0.15, -0.1) is 0 Å². The van der Waals surface area contributed by atoms with Gasteiger partial charge < -0.3 is 19.1 Å². The fraction of sp³-hybridized carbons (Fsp3) is 0.500. The summed E-state index contributed by atoms with van der Waals surface area (Å²) in [7, 11) is 4.81. The van der Waals surface area contributed by atoms with Gasteiger partial charge in [0.2, 0.25) is 0 Å². The maximum absolute atomic E-state index is 12.6. The highest BCUT2D eigenvalue weighted by Gasteiger charge is 2.36. The molecule has 0 saturated carbocycles. The molecule has 1 heterocycles. The quantitative estimate of drug-likeness (QED) is 0.838. The zero-order chi connectivity index (χ0) is 14.7. The van der Waals surface area contributed by atoms with Gasteiger partial charge in [-0.05, 0) is 18.2 Å². The molecule has 1 amide bonds. The number of amides is 1. The smallest absolute Gasteiger partial charge is 0.257 e. The molecule has 0 radical (unpaired) electrons. The van der Waals surface area contributed by atoms with Crippen LogP contribution in [0.3, 0.4) is 0 Å². The summed E-state index contributed by atoms with van der Waals surface area (Å²) in [6.45, 7) is 1.04. The Morgan fingerprint density at radius 1 is 1.20 bits per heavy atom. The van der Waals surface area contributed by atoms with Crippen molar-refractivity contribution in [2.75, 3.05) is 34.4 Å². The van der Waals surface area contributed by atoms with Crippen LogP contribution in [0.15, 0.2) is 22.7 Å². The number of likely N-dealkylation sites (tertiary alicyclic amines) is 1. The second kappa shape index (κ2) is 6.56. The summed E-state index contributed by atoms with van der Waals surface area (Å²) in [6.07, 6.45) is -0.184. The average molecular weight is 344 g/mol. The molecular weight excluding hydrogens is 326 g/mol. The lowest BCUT2D eigenvalue weighted by atomic mass is 10.2. The number of carbonyl (C=O) groups is 1. The topological polar surface area (TPSA) is 48.0 Å². The Balaban J connectivity index is 2.20. The van der Waals surface area contributed by atoms with Crippen LogP contribution in [0, 0.1) is 0 Å². The van der Waals surface area contributed by atoms with Gasteiger partial charge in [-0.2, -0.15) is 0 Å². The van der Waals surface area contributed by atoms with Crippen LogP contribution in [0.2, 0.25) is 0 Å². The van der Waals surface area contributed by atoms with Crippen LogP contribution in [0.25, 0.3) is 0 Å². The Hall–Kier alpha value is -1.11. The summed E-state index contributed by atoms with van der Waals surface area (Å²) >= 11 is 3.37. The first-order valence-electron chi connectivity index (χ1n) is 6.29. The summed E-state index contributed by atoms with van der Waals surface area (Å²) in [5.41, 5.74) is 0.544. The van der Waals surface area contributed by atoms with Crippen LogP contribution in [0.5, 0.6) is 5.75 Å². The standard InChI is InChI=1S/C14H18BrNO4/c1-18-11-6-9(15)4-5-10(11)14(17)16-7-12(19-2)13(8-16)20-3/h4-6,12-13H,7-8H2,1-3H3. The van der Waals surface area contributed by atoms with E-state index < -0.39 is 0 Å². The predicted octanol–water partition coefficient (Wildman–Crippen LogP) is 1.94. The monoisotopic (exact) mass is 343 g/mol. The van der Waals surface area contributed by atoms with Crippen molar-refractivity contribution in [3.63, 3.8) is 0 Å². The van der Waals surface area contributed by atoms with E-state index in [1.165, 1.54) is 0 Å². The maximum Gasteiger partial charge on any atom is 0.257 e. The van der Waals surface area contributed by atoms with E-state index in [-0.39, 0.29) is 18.1 Å². The maximum atomic E-state index is 12.6. The Morgan fingerprint density at radius 2 is 1.80 bits per heavy atom. The van der Waals surface area contributed by atoms with Crippen LogP contribution in [0.4, 0.5) is 0 Å². The molecule has 0 aromatic heterocycles. The SMILES string of the molecule is COc1cc(Br)ccc1C(=O)N1CC(OC)C(OC)C1. The van der Waals surface area contributed by atoms with E-state index in [0.29, 0.717) is 24.4 Å². The molecule has 6 heteroatoms. The van der Waals surface area contributed by atoms with Crippen molar-refractivity contribution in [1.82, 2.24) is 4.90 Å². The normalized spacial score (nSPS) is 22.1. The number of nitrogens with zero attached hydrogens (tertiary/aromatic N) is 1. The molecule has 1 saturated heterocycles. The van der Waals surface area contributed by atoms with Gasteiger partial charge in [0, 0.05) is 31.8 Å². The zero-order valence-corrected chi connectivity index (χ0v) is 13.3. The molecule has 0 aliphatic carbocycles. The van der Waals surface area contributed by atoms with E-state index in [0.717, 1.165) is 4.47 Å². The van der Waals surface area contributed by atoms with Crippen LogP contribution in [0.1, 0.15) is 10.4 Å². The van der Waals surface area contributed by atoms with Crippen molar-refractivity contribution in [2.45, 2.75) is 12.2 Å². The van der Waals surface area contributed by atoms with Gasteiger partial charge in [-0.25, -0.2) is 0 Å². The molecule has 1 fully saturated rings. The average Bonchev–Trinajstić information content (AvgIpc) is 2.89. The molecule has 1 aromatic rings. The zero-order valence-electron chi connectivity index (χ0n) is 11.8. The van der Waals surface area contributed by atoms with Crippen LogP contribution in [-0.2, 0) is 9.47 Å². The number of carbonyl (C=O) groups excluding carboxylic acids is 1. The van der Waals surface area contributed by atoms with Crippen LogP contribution in [-0.4, -0.2) is 57.4 Å². The lowest BCUT2D eigenvalue weighted by molar-refractivity contribution is -0.00461. The van der Waals surface area contributed by atoms with E-state index in [4.69, 9.17) is 14.2 Å². The van der Waals surface area contributed by atoms with Gasteiger partial charge >= 0.3 is 0 Å². The number of hydrogen-bond donors (Lipinski definition) is 0. The molecule has 0 spiro atoms. The minimum absolute atomic E-state index is 0.0732. The van der Waals surface area contributed by atoms with Crippen molar-refractivity contribution in [3.8, 4) is 5.75 Å². The molecule has 2 atom stereocenters. The summed E-state index contributed by atoms with van der Waals surface area (Å²) in [6, 6.07) is 5.37. The Labute approximate surface area is 126 Å². The van der Waals surface area contributed by atoms with E-state index >= 15 is 0 Å². The predicted molar refractivity (Wildman–Crippen MR) is 78.2 cm³/mol. The molecule has 1 aliphatic heterocycles. The highest BCUT2D eigenvalue weighted by molar-refractivity contribution is 9.10. The van der Waals surface area contributed by atoms with Crippen molar-refractivity contribution in [2.24, 2.45) is 0 Å². The highest BCUT2D eigenvalue weighted by Crippen LogP contribution is 2.26. The largest absolute Gasteiger partial charge is 0.496 e. The fourth-order valence-electron chi connectivity index (χ4n) is 2.37. The van der Waals surface area contributed by atoms with Gasteiger partial charge in [0.15, 0.2) is 0 Å². The second-order valence-electron chi connectivity index (χ2n) is 4.60. The number of hydrogen-bond acceptors (Lipinski definition) is 4. The van der Waals surface area contributed by atoms with Gasteiger partial charge in [-0.3, -0.25) is 4.79 Å². The molecule has 2 unspecified atom stereocenters. The summed E-state index contributed by atoms with van der Waals surface area (Å²) in [5.74, 6) is 0.482. The Kier molecular flexibility index (Phi) is 5.01. The third-order valence-corrected chi connectivity index (χ3v) is 4.00. The first kappa shape index (κ1) is 15.3. The van der Waals surface area contributed by atoms with Crippen LogP contribution >= 0.6 is 15.9 Å². The molecule has 0 N–H and O–H groups in total. The van der Waals surface area contributed by atoms with E-state index in [1.807, 2.05) is 6.07 Å². The van der Waals surface area contributed by atoms with Crippen molar-refractivity contribution >= 4 is 21.8 Å². The fourth-order valence-corrected chi connectivity index (χ4v) is 2.71. The highest BCUT2D eigenvalue weighted by atomic mass is 79.9. The van der Waals surface area contributed by atoms with Gasteiger partial charge in [0.1, 0.15) is 18.0 Å². The summed E-state index contributed by atoms with van der Waals surface area (Å²) < 4.78 is 16.8. The summed E-state index contributed by atoms with van der Waals surface area (Å²) in [5, 5.41) is 0. The lowest BCUT2D eigenvalue weighted by Crippen LogP contribution is -2.30. The molecule has 1 aliphatic rings. The first-order valence-corrected chi connectivity index (χ1v) is 7.08. The van der Waals surface area contributed by atoms with E-state index in [9.17, 15) is 4.79 Å².